The number of amides is 1. The van der Waals surface area contributed by atoms with Gasteiger partial charge in [0.1, 0.15) is 17.4 Å². The smallest absolute Gasteiger partial charge is 0.264 e. The fourth-order valence-electron chi connectivity index (χ4n) is 2.78. The summed E-state index contributed by atoms with van der Waals surface area (Å²) in [5.41, 5.74) is 1.41. The lowest BCUT2D eigenvalue weighted by atomic mass is 9.93. The van der Waals surface area contributed by atoms with Gasteiger partial charge in [-0.15, -0.1) is 0 Å². The number of methoxy groups -OCH3 is 2. The van der Waals surface area contributed by atoms with Gasteiger partial charge in [0.05, 0.1) is 31.2 Å². The molecule has 128 valence electrons. The largest absolute Gasteiger partial charge is 0.497 e. The highest BCUT2D eigenvalue weighted by molar-refractivity contribution is 6.30. The zero-order valence-electron chi connectivity index (χ0n) is 14.2. The Labute approximate surface area is 145 Å². The summed E-state index contributed by atoms with van der Waals surface area (Å²) in [4.78, 5) is 25.8. The van der Waals surface area contributed by atoms with E-state index in [9.17, 15) is 9.59 Å². The number of ketones is 1. The maximum atomic E-state index is 13.0. The summed E-state index contributed by atoms with van der Waals surface area (Å²) in [6.07, 6.45) is 0. The Balaban J connectivity index is 1.94. The Bertz CT molecular complexity index is 846. The molecule has 2 aromatic carbocycles. The van der Waals surface area contributed by atoms with E-state index in [1.165, 1.54) is 19.2 Å². The van der Waals surface area contributed by atoms with Gasteiger partial charge < -0.3 is 9.47 Å². The molecule has 1 amide bonds. The Morgan fingerprint density at radius 1 is 1.08 bits per heavy atom. The molecule has 0 radical (unpaired) electrons. The van der Waals surface area contributed by atoms with Crippen molar-refractivity contribution in [1.82, 2.24) is 0 Å². The normalized spacial score (nSPS) is 16.6. The summed E-state index contributed by atoms with van der Waals surface area (Å²) in [6.45, 7) is 1.68. The van der Waals surface area contributed by atoms with Gasteiger partial charge >= 0.3 is 0 Å². The Kier molecular flexibility index (Phi) is 4.52. The van der Waals surface area contributed by atoms with Crippen LogP contribution < -0.4 is 14.5 Å². The van der Waals surface area contributed by atoms with Crippen LogP contribution in [0.15, 0.2) is 53.6 Å². The molecule has 6 heteroatoms. The number of hydrogen-bond donors (Lipinski definition) is 0. The minimum Gasteiger partial charge on any atom is -0.497 e. The van der Waals surface area contributed by atoms with E-state index in [1.807, 2.05) is 18.2 Å². The average molecular weight is 338 g/mol. The van der Waals surface area contributed by atoms with Crippen LogP contribution in [0, 0.1) is 5.92 Å². The Morgan fingerprint density at radius 3 is 2.44 bits per heavy atom. The van der Waals surface area contributed by atoms with Crippen molar-refractivity contribution in [3.8, 4) is 11.5 Å². The van der Waals surface area contributed by atoms with Crippen molar-refractivity contribution in [2.24, 2.45) is 11.0 Å². The van der Waals surface area contributed by atoms with Crippen LogP contribution in [0.1, 0.15) is 17.3 Å². The number of hydrogen-bond acceptors (Lipinski definition) is 5. The third kappa shape index (κ3) is 2.98. The Hall–Kier alpha value is -3.15. The van der Waals surface area contributed by atoms with Crippen molar-refractivity contribution in [2.45, 2.75) is 6.92 Å². The van der Waals surface area contributed by atoms with E-state index in [4.69, 9.17) is 9.47 Å². The van der Waals surface area contributed by atoms with Gasteiger partial charge in [0, 0.05) is 6.07 Å². The highest BCUT2D eigenvalue weighted by Gasteiger charge is 2.40. The molecule has 0 aliphatic carbocycles. The molecule has 2 aromatic rings. The highest BCUT2D eigenvalue weighted by Crippen LogP contribution is 2.31. The van der Waals surface area contributed by atoms with Gasteiger partial charge in [-0.25, -0.2) is 0 Å². The van der Waals surface area contributed by atoms with E-state index in [1.54, 1.807) is 37.3 Å². The van der Waals surface area contributed by atoms with E-state index >= 15 is 0 Å². The fraction of sp³-hybridized carbons (Fsp3) is 0.211. The SMILES string of the molecule is COc1ccc(C(=O)C2C(=O)N(c3ccccc3)N=C2C)c(OC)c1. The van der Waals surface area contributed by atoms with E-state index in [0.29, 0.717) is 28.5 Å². The van der Waals surface area contributed by atoms with Crippen LogP contribution in [-0.4, -0.2) is 31.6 Å². The molecule has 1 unspecified atom stereocenters. The van der Waals surface area contributed by atoms with Crippen molar-refractivity contribution in [2.75, 3.05) is 19.2 Å². The third-order valence-electron chi connectivity index (χ3n) is 4.07. The molecule has 0 saturated heterocycles. The molecule has 1 aliphatic heterocycles. The lowest BCUT2D eigenvalue weighted by Gasteiger charge is -2.15. The van der Waals surface area contributed by atoms with Gasteiger partial charge in [-0.2, -0.15) is 10.1 Å². The number of hydrazone groups is 1. The number of nitrogens with zero attached hydrogens (tertiary/aromatic N) is 2. The standard InChI is InChI=1S/C19H18N2O4/c1-12-17(19(23)21(20-12)13-7-5-4-6-8-13)18(22)15-10-9-14(24-2)11-16(15)25-3/h4-11,17H,1-3H3. The summed E-state index contributed by atoms with van der Waals surface area (Å²) in [5, 5.41) is 5.54. The van der Waals surface area contributed by atoms with Gasteiger partial charge in [-0.05, 0) is 31.2 Å². The molecule has 0 aromatic heterocycles. The van der Waals surface area contributed by atoms with Crippen LogP contribution in [0.4, 0.5) is 5.69 Å². The number of Topliss-reactive ketones (excluding diaryl/α,β-unsaturated/α-hetero) is 1. The van der Waals surface area contributed by atoms with Crippen molar-refractivity contribution >= 4 is 23.1 Å². The third-order valence-corrected chi connectivity index (χ3v) is 4.07. The molecule has 0 spiro atoms. The minimum atomic E-state index is -0.956. The quantitative estimate of drug-likeness (QED) is 0.621. The number of ether oxygens (including phenoxy) is 2. The monoisotopic (exact) mass is 338 g/mol. The van der Waals surface area contributed by atoms with Crippen molar-refractivity contribution in [3.63, 3.8) is 0 Å². The first kappa shape index (κ1) is 16.7. The van der Waals surface area contributed by atoms with E-state index in [2.05, 4.69) is 5.10 Å². The molecule has 0 N–H and O–H groups in total. The lowest BCUT2D eigenvalue weighted by Crippen LogP contribution is -2.32. The van der Waals surface area contributed by atoms with Gasteiger partial charge in [0.15, 0.2) is 5.78 Å². The minimum absolute atomic E-state index is 0.325. The predicted molar refractivity (Wildman–Crippen MR) is 94.4 cm³/mol. The second-order valence-corrected chi connectivity index (χ2v) is 5.59. The Morgan fingerprint density at radius 2 is 1.80 bits per heavy atom. The molecule has 1 atom stereocenters. The van der Waals surface area contributed by atoms with E-state index in [0.717, 1.165) is 0 Å². The average Bonchev–Trinajstić information content (AvgIpc) is 2.95. The number of para-hydroxylation sites is 1. The van der Waals surface area contributed by atoms with Gasteiger partial charge in [0.2, 0.25) is 0 Å². The fourth-order valence-corrected chi connectivity index (χ4v) is 2.78. The maximum absolute atomic E-state index is 13.0. The number of benzene rings is 2. The van der Waals surface area contributed by atoms with Crippen LogP contribution in [0.2, 0.25) is 0 Å². The first-order chi connectivity index (χ1) is 12.1. The van der Waals surface area contributed by atoms with Crippen LogP contribution in [0.5, 0.6) is 11.5 Å². The second kappa shape index (κ2) is 6.76. The lowest BCUT2D eigenvalue weighted by molar-refractivity contribution is -0.118. The molecule has 0 fully saturated rings. The molecule has 1 aliphatic rings. The maximum Gasteiger partial charge on any atom is 0.264 e. The summed E-state index contributed by atoms with van der Waals surface area (Å²) < 4.78 is 10.4. The predicted octanol–water partition coefficient (Wildman–Crippen LogP) is 2.93. The molecule has 0 bridgehead atoms. The van der Waals surface area contributed by atoms with Crippen LogP contribution >= 0.6 is 0 Å². The molecule has 0 saturated carbocycles. The molecule has 3 rings (SSSR count). The van der Waals surface area contributed by atoms with Gasteiger partial charge in [-0.3, -0.25) is 9.59 Å². The van der Waals surface area contributed by atoms with E-state index < -0.39 is 5.92 Å². The molecular formula is C19H18N2O4. The van der Waals surface area contributed by atoms with Crippen molar-refractivity contribution in [3.05, 3.63) is 54.1 Å². The zero-order chi connectivity index (χ0) is 18.0. The van der Waals surface area contributed by atoms with Crippen LogP contribution in [-0.2, 0) is 4.79 Å². The summed E-state index contributed by atoms with van der Waals surface area (Å²) in [5.74, 6) is -0.733. The summed E-state index contributed by atoms with van der Waals surface area (Å²) in [7, 11) is 3.00. The van der Waals surface area contributed by atoms with Gasteiger partial charge in [-0.1, -0.05) is 18.2 Å². The first-order valence-electron chi connectivity index (χ1n) is 7.77. The van der Waals surface area contributed by atoms with Crippen LogP contribution in [0.3, 0.4) is 0 Å². The van der Waals surface area contributed by atoms with Crippen molar-refractivity contribution in [1.29, 1.82) is 0 Å². The number of carbonyl (C=O) groups is 2. The molecule has 6 nitrogen and oxygen atoms in total. The molecular weight excluding hydrogens is 320 g/mol. The highest BCUT2D eigenvalue weighted by atomic mass is 16.5. The molecule has 25 heavy (non-hydrogen) atoms. The molecule has 1 heterocycles. The topological polar surface area (TPSA) is 68.2 Å². The van der Waals surface area contributed by atoms with Crippen LogP contribution in [0.25, 0.3) is 0 Å². The summed E-state index contributed by atoms with van der Waals surface area (Å²) >= 11 is 0. The van der Waals surface area contributed by atoms with Gasteiger partial charge in [0.25, 0.3) is 5.91 Å². The van der Waals surface area contributed by atoms with E-state index in [-0.39, 0.29) is 11.7 Å². The zero-order valence-corrected chi connectivity index (χ0v) is 14.2. The first-order valence-corrected chi connectivity index (χ1v) is 7.77. The number of anilines is 1. The van der Waals surface area contributed by atoms with Crippen molar-refractivity contribution < 1.29 is 19.1 Å². The number of carbonyl (C=O) groups excluding carboxylic acids is 2. The number of rotatable bonds is 5. The summed E-state index contributed by atoms with van der Waals surface area (Å²) in [6, 6.07) is 13.9. The second-order valence-electron chi connectivity index (χ2n) is 5.59.